The second-order valence-electron chi connectivity index (χ2n) is 3.99. The van der Waals surface area contributed by atoms with Crippen molar-refractivity contribution in [1.82, 2.24) is 0 Å². The van der Waals surface area contributed by atoms with E-state index in [2.05, 4.69) is 5.32 Å². The third-order valence-electron chi connectivity index (χ3n) is 2.60. The van der Waals surface area contributed by atoms with Crippen molar-refractivity contribution < 1.29 is 9.18 Å². The summed E-state index contributed by atoms with van der Waals surface area (Å²) in [6.45, 7) is 0. The van der Waals surface area contributed by atoms with Crippen LogP contribution in [-0.4, -0.2) is 5.91 Å². The van der Waals surface area contributed by atoms with Gasteiger partial charge in [-0.1, -0.05) is 11.6 Å². The van der Waals surface area contributed by atoms with Gasteiger partial charge in [0, 0.05) is 10.7 Å². The molecule has 3 N–H and O–H groups in total. The molecule has 2 aromatic rings. The lowest BCUT2D eigenvalue weighted by Crippen LogP contribution is -2.15. The zero-order valence-electron chi connectivity index (χ0n) is 10.2. The summed E-state index contributed by atoms with van der Waals surface area (Å²) in [5, 5.41) is 11.4. The number of halogens is 2. The third kappa shape index (κ3) is 2.87. The van der Waals surface area contributed by atoms with Crippen LogP contribution in [-0.2, 0) is 0 Å². The predicted molar refractivity (Wildman–Crippen MR) is 74.9 cm³/mol. The number of nitrogens with one attached hydrogen (secondary N) is 1. The van der Waals surface area contributed by atoms with Crippen molar-refractivity contribution in [3.05, 3.63) is 58.4 Å². The van der Waals surface area contributed by atoms with Gasteiger partial charge in [0.15, 0.2) is 0 Å². The Morgan fingerprint density at radius 2 is 2.05 bits per heavy atom. The SMILES string of the molecule is N#Cc1ccc(NC(=O)c2ccc(Cl)cc2N)c(F)c1. The van der Waals surface area contributed by atoms with Gasteiger partial charge in [0.2, 0.25) is 0 Å². The molecular weight excluding hydrogens is 281 g/mol. The van der Waals surface area contributed by atoms with Crippen LogP contribution in [0.5, 0.6) is 0 Å². The molecule has 0 heterocycles. The maximum Gasteiger partial charge on any atom is 0.257 e. The van der Waals surface area contributed by atoms with Crippen LogP contribution in [0.2, 0.25) is 5.02 Å². The van der Waals surface area contributed by atoms with Gasteiger partial charge in [-0.05, 0) is 36.4 Å². The summed E-state index contributed by atoms with van der Waals surface area (Å²) in [4.78, 5) is 12.0. The summed E-state index contributed by atoms with van der Waals surface area (Å²) < 4.78 is 13.7. The minimum Gasteiger partial charge on any atom is -0.398 e. The first-order valence-corrected chi connectivity index (χ1v) is 5.95. The number of anilines is 2. The van der Waals surface area contributed by atoms with Gasteiger partial charge in [0.25, 0.3) is 5.91 Å². The fourth-order valence-electron chi connectivity index (χ4n) is 1.62. The van der Waals surface area contributed by atoms with Gasteiger partial charge in [-0.25, -0.2) is 4.39 Å². The minimum absolute atomic E-state index is 0.0247. The first kappa shape index (κ1) is 13.8. The molecule has 0 aliphatic carbocycles. The van der Waals surface area contributed by atoms with Crippen LogP contribution >= 0.6 is 11.6 Å². The highest BCUT2D eigenvalue weighted by molar-refractivity contribution is 6.31. The number of hydrogen-bond acceptors (Lipinski definition) is 3. The van der Waals surface area contributed by atoms with Gasteiger partial charge >= 0.3 is 0 Å². The largest absolute Gasteiger partial charge is 0.398 e. The van der Waals surface area contributed by atoms with Gasteiger partial charge in [-0.15, -0.1) is 0 Å². The van der Waals surface area contributed by atoms with E-state index >= 15 is 0 Å². The van der Waals surface area contributed by atoms with Crippen molar-refractivity contribution in [3.63, 3.8) is 0 Å². The molecule has 0 spiro atoms. The minimum atomic E-state index is -0.690. The van der Waals surface area contributed by atoms with Crippen LogP contribution < -0.4 is 11.1 Å². The van der Waals surface area contributed by atoms with Crippen molar-refractivity contribution >= 4 is 28.9 Å². The van der Waals surface area contributed by atoms with E-state index < -0.39 is 11.7 Å². The number of carbonyl (C=O) groups excluding carboxylic acids is 1. The number of rotatable bonds is 2. The normalized spacial score (nSPS) is 9.85. The lowest BCUT2D eigenvalue weighted by atomic mass is 10.1. The topological polar surface area (TPSA) is 78.9 Å². The Labute approximate surface area is 119 Å². The van der Waals surface area contributed by atoms with Crippen molar-refractivity contribution in [2.45, 2.75) is 0 Å². The van der Waals surface area contributed by atoms with Crippen LogP contribution in [0.3, 0.4) is 0 Å². The predicted octanol–water partition coefficient (Wildman–Crippen LogP) is 3.19. The van der Waals surface area contributed by atoms with Gasteiger partial charge in [-0.2, -0.15) is 5.26 Å². The molecule has 2 rings (SSSR count). The molecule has 0 bridgehead atoms. The Balaban J connectivity index is 2.26. The zero-order valence-corrected chi connectivity index (χ0v) is 10.9. The molecule has 0 aliphatic rings. The summed E-state index contributed by atoms with van der Waals surface area (Å²) in [7, 11) is 0. The van der Waals surface area contributed by atoms with E-state index in [1.807, 2.05) is 6.07 Å². The zero-order chi connectivity index (χ0) is 14.7. The summed E-state index contributed by atoms with van der Waals surface area (Å²) in [6.07, 6.45) is 0. The highest BCUT2D eigenvalue weighted by Crippen LogP contribution is 2.21. The standard InChI is InChI=1S/C14H9ClFN3O/c15-9-2-3-10(12(18)6-9)14(20)19-13-4-1-8(7-17)5-11(13)16/h1-6H,18H2,(H,19,20). The molecule has 0 atom stereocenters. The van der Waals surface area contributed by atoms with Crippen LogP contribution in [0.25, 0.3) is 0 Å². The Hall–Kier alpha value is -2.58. The monoisotopic (exact) mass is 289 g/mol. The molecule has 0 saturated carbocycles. The van der Waals surface area contributed by atoms with E-state index in [1.165, 1.54) is 30.3 Å². The van der Waals surface area contributed by atoms with E-state index in [0.29, 0.717) is 5.02 Å². The molecule has 2 aromatic carbocycles. The highest BCUT2D eigenvalue weighted by atomic mass is 35.5. The first-order chi connectivity index (χ1) is 9.51. The first-order valence-electron chi connectivity index (χ1n) is 5.57. The van der Waals surface area contributed by atoms with Crippen LogP contribution in [0.1, 0.15) is 15.9 Å². The number of amides is 1. The molecule has 0 radical (unpaired) electrons. The molecule has 0 aromatic heterocycles. The summed E-state index contributed by atoms with van der Waals surface area (Å²) in [5.41, 5.74) is 6.22. The van der Waals surface area contributed by atoms with Gasteiger partial charge in [0.1, 0.15) is 5.82 Å². The van der Waals surface area contributed by atoms with Crippen molar-refractivity contribution in [1.29, 1.82) is 5.26 Å². The molecule has 0 aliphatic heterocycles. The fraction of sp³-hybridized carbons (Fsp3) is 0. The van der Waals surface area contributed by atoms with E-state index in [9.17, 15) is 9.18 Å². The maximum absolute atomic E-state index is 13.7. The van der Waals surface area contributed by atoms with Gasteiger partial charge in [-0.3, -0.25) is 4.79 Å². The lowest BCUT2D eigenvalue weighted by Gasteiger charge is -2.08. The molecule has 20 heavy (non-hydrogen) atoms. The molecule has 0 unspecified atom stereocenters. The summed E-state index contributed by atoms with van der Waals surface area (Å²) >= 11 is 5.74. The Morgan fingerprint density at radius 1 is 1.30 bits per heavy atom. The number of nitriles is 1. The average Bonchev–Trinajstić information content (AvgIpc) is 2.40. The molecule has 0 saturated heterocycles. The van der Waals surface area contributed by atoms with Crippen molar-refractivity contribution in [3.8, 4) is 6.07 Å². The van der Waals surface area contributed by atoms with Crippen LogP contribution in [0, 0.1) is 17.1 Å². The Bertz CT molecular complexity index is 725. The second-order valence-corrected chi connectivity index (χ2v) is 4.43. The van der Waals surface area contributed by atoms with E-state index in [4.69, 9.17) is 22.6 Å². The summed E-state index contributed by atoms with van der Waals surface area (Å²) in [6, 6.07) is 9.98. The fourth-order valence-corrected chi connectivity index (χ4v) is 1.80. The number of benzene rings is 2. The quantitative estimate of drug-likeness (QED) is 0.833. The molecule has 4 nitrogen and oxygen atoms in total. The number of hydrogen-bond donors (Lipinski definition) is 2. The Morgan fingerprint density at radius 3 is 2.65 bits per heavy atom. The van der Waals surface area contributed by atoms with Gasteiger partial charge < -0.3 is 11.1 Å². The number of nitrogens with zero attached hydrogens (tertiary/aromatic N) is 1. The van der Waals surface area contributed by atoms with Gasteiger partial charge in [0.05, 0.1) is 22.9 Å². The highest BCUT2D eigenvalue weighted by Gasteiger charge is 2.12. The lowest BCUT2D eigenvalue weighted by molar-refractivity contribution is 0.102. The smallest absolute Gasteiger partial charge is 0.257 e. The molecule has 0 fully saturated rings. The number of nitrogens with two attached hydrogens (primary N) is 1. The molecule has 1 amide bonds. The average molecular weight is 290 g/mol. The van der Waals surface area contributed by atoms with Crippen molar-refractivity contribution in [2.75, 3.05) is 11.1 Å². The molecule has 100 valence electrons. The van der Waals surface area contributed by atoms with Crippen molar-refractivity contribution in [2.24, 2.45) is 0 Å². The number of carbonyl (C=O) groups is 1. The third-order valence-corrected chi connectivity index (χ3v) is 2.84. The molecule has 6 heteroatoms. The second kappa shape index (κ2) is 5.59. The van der Waals surface area contributed by atoms with Crippen LogP contribution in [0.4, 0.5) is 15.8 Å². The maximum atomic E-state index is 13.7. The van der Waals surface area contributed by atoms with E-state index in [-0.39, 0.29) is 22.5 Å². The summed E-state index contributed by atoms with van der Waals surface area (Å²) in [5.74, 6) is -1.24. The molecular formula is C14H9ClFN3O. The van der Waals surface area contributed by atoms with Crippen LogP contribution in [0.15, 0.2) is 36.4 Å². The Kier molecular flexibility index (Phi) is 3.87. The van der Waals surface area contributed by atoms with E-state index in [0.717, 1.165) is 6.07 Å². The number of nitrogen functional groups attached to an aromatic ring is 1. The van der Waals surface area contributed by atoms with E-state index in [1.54, 1.807) is 0 Å².